The number of ether oxygens (including phenoxy) is 3. The van der Waals surface area contributed by atoms with E-state index in [0.29, 0.717) is 17.2 Å². The molecule has 38 heavy (non-hydrogen) atoms. The van der Waals surface area contributed by atoms with Crippen LogP contribution in [-0.4, -0.2) is 41.4 Å². The summed E-state index contributed by atoms with van der Waals surface area (Å²) in [6.07, 6.45) is 0. The standard InChI is InChI=1S/C28H25N3O7/c1-15-19-11-20(28(34)35)23(36-3)12-21(19)31(2)25(15)17-5-4-6-18(10-17)30-27(33)26(32)29-13-16-7-8-22-24(9-16)38-14-37-22/h4-12H,13-14H2,1-3H3,(H,29,32)(H,30,33)(H,34,35). The smallest absolute Gasteiger partial charge is 0.339 e. The van der Waals surface area contributed by atoms with Crippen molar-refractivity contribution in [1.29, 1.82) is 0 Å². The van der Waals surface area contributed by atoms with Crippen molar-refractivity contribution in [2.24, 2.45) is 7.05 Å². The maximum atomic E-state index is 12.6. The maximum Gasteiger partial charge on any atom is 0.339 e. The fourth-order valence-electron chi connectivity index (χ4n) is 4.64. The Labute approximate surface area is 217 Å². The van der Waals surface area contributed by atoms with E-state index in [1.165, 1.54) is 7.11 Å². The molecular weight excluding hydrogens is 490 g/mol. The van der Waals surface area contributed by atoms with Gasteiger partial charge in [0.05, 0.1) is 18.3 Å². The summed E-state index contributed by atoms with van der Waals surface area (Å²) in [7, 11) is 3.31. The molecule has 0 unspecified atom stereocenters. The Kier molecular flexibility index (Phi) is 6.38. The van der Waals surface area contributed by atoms with Crippen molar-refractivity contribution < 1.29 is 33.7 Å². The van der Waals surface area contributed by atoms with Gasteiger partial charge in [0, 0.05) is 36.3 Å². The van der Waals surface area contributed by atoms with Gasteiger partial charge in [-0.25, -0.2) is 4.79 Å². The fourth-order valence-corrected chi connectivity index (χ4v) is 4.64. The van der Waals surface area contributed by atoms with Crippen molar-refractivity contribution in [1.82, 2.24) is 9.88 Å². The van der Waals surface area contributed by atoms with Gasteiger partial charge in [-0.1, -0.05) is 18.2 Å². The van der Waals surface area contributed by atoms with Crippen LogP contribution in [0.2, 0.25) is 0 Å². The molecule has 5 rings (SSSR count). The van der Waals surface area contributed by atoms with Gasteiger partial charge in [-0.15, -0.1) is 0 Å². The Morgan fingerprint density at radius 3 is 2.58 bits per heavy atom. The topological polar surface area (TPSA) is 128 Å². The lowest BCUT2D eigenvalue weighted by Gasteiger charge is -2.10. The highest BCUT2D eigenvalue weighted by molar-refractivity contribution is 6.39. The second kappa shape index (κ2) is 9.81. The summed E-state index contributed by atoms with van der Waals surface area (Å²) in [5, 5.41) is 15.6. The van der Waals surface area contributed by atoms with Crippen LogP contribution >= 0.6 is 0 Å². The summed E-state index contributed by atoms with van der Waals surface area (Å²) in [6.45, 7) is 2.22. The quantitative estimate of drug-likeness (QED) is 0.333. The van der Waals surface area contributed by atoms with Gasteiger partial charge in [0.15, 0.2) is 11.5 Å². The van der Waals surface area contributed by atoms with Crippen LogP contribution in [0.15, 0.2) is 54.6 Å². The molecule has 1 aliphatic heterocycles. The number of nitrogens with one attached hydrogen (secondary N) is 2. The van der Waals surface area contributed by atoms with Crippen LogP contribution in [0.25, 0.3) is 22.2 Å². The van der Waals surface area contributed by atoms with Crippen molar-refractivity contribution in [3.05, 3.63) is 71.3 Å². The molecule has 0 radical (unpaired) electrons. The Balaban J connectivity index is 1.34. The lowest BCUT2D eigenvalue weighted by Crippen LogP contribution is -2.34. The van der Waals surface area contributed by atoms with Crippen LogP contribution in [0, 0.1) is 6.92 Å². The molecule has 0 saturated heterocycles. The van der Waals surface area contributed by atoms with E-state index in [-0.39, 0.29) is 24.7 Å². The minimum Gasteiger partial charge on any atom is -0.496 e. The summed E-state index contributed by atoms with van der Waals surface area (Å²) in [5.74, 6) is -1.14. The van der Waals surface area contributed by atoms with E-state index in [2.05, 4.69) is 10.6 Å². The van der Waals surface area contributed by atoms with Gasteiger partial charge in [0.25, 0.3) is 0 Å². The number of aromatic carboxylic acids is 1. The van der Waals surface area contributed by atoms with Crippen LogP contribution < -0.4 is 24.8 Å². The molecule has 0 atom stereocenters. The van der Waals surface area contributed by atoms with E-state index in [4.69, 9.17) is 14.2 Å². The number of benzene rings is 3. The van der Waals surface area contributed by atoms with Crippen molar-refractivity contribution in [3.63, 3.8) is 0 Å². The molecule has 10 heteroatoms. The Hall–Kier alpha value is -4.99. The van der Waals surface area contributed by atoms with Crippen LogP contribution in [0.4, 0.5) is 5.69 Å². The average Bonchev–Trinajstić information content (AvgIpc) is 3.48. The highest BCUT2D eigenvalue weighted by atomic mass is 16.7. The first-order valence-electron chi connectivity index (χ1n) is 11.7. The number of methoxy groups -OCH3 is 1. The molecule has 0 aliphatic carbocycles. The van der Waals surface area contributed by atoms with E-state index in [9.17, 15) is 19.5 Å². The molecule has 1 aromatic heterocycles. The zero-order valence-electron chi connectivity index (χ0n) is 21.0. The zero-order chi connectivity index (χ0) is 27.0. The number of carboxylic acid groups (broad SMARTS) is 1. The number of hydrogen-bond donors (Lipinski definition) is 3. The molecule has 3 N–H and O–H groups in total. The predicted molar refractivity (Wildman–Crippen MR) is 140 cm³/mol. The molecule has 4 aromatic rings. The zero-order valence-corrected chi connectivity index (χ0v) is 21.0. The summed E-state index contributed by atoms with van der Waals surface area (Å²) in [6, 6.07) is 15.7. The molecule has 3 aromatic carbocycles. The lowest BCUT2D eigenvalue weighted by molar-refractivity contribution is -0.136. The van der Waals surface area contributed by atoms with Crippen molar-refractivity contribution in [3.8, 4) is 28.5 Å². The normalized spacial score (nSPS) is 11.9. The van der Waals surface area contributed by atoms with E-state index >= 15 is 0 Å². The molecule has 0 bridgehead atoms. The van der Waals surface area contributed by atoms with Crippen LogP contribution in [0.3, 0.4) is 0 Å². The van der Waals surface area contributed by atoms with Crippen molar-refractivity contribution >= 4 is 34.4 Å². The van der Waals surface area contributed by atoms with E-state index in [1.807, 2.05) is 24.6 Å². The fraction of sp³-hybridized carbons (Fsp3) is 0.179. The number of amides is 2. The second-order valence-electron chi connectivity index (χ2n) is 8.81. The van der Waals surface area contributed by atoms with Gasteiger partial charge >= 0.3 is 17.8 Å². The minimum absolute atomic E-state index is 0.0769. The Morgan fingerprint density at radius 2 is 1.82 bits per heavy atom. The molecule has 2 heterocycles. The van der Waals surface area contributed by atoms with E-state index in [0.717, 1.165) is 33.3 Å². The molecule has 10 nitrogen and oxygen atoms in total. The summed E-state index contributed by atoms with van der Waals surface area (Å²) in [5.41, 5.74) is 4.59. The monoisotopic (exact) mass is 515 g/mol. The first kappa shape index (κ1) is 24.7. The highest BCUT2D eigenvalue weighted by Crippen LogP contribution is 2.37. The number of carbonyl (C=O) groups is 3. The van der Waals surface area contributed by atoms with Gasteiger partial charge < -0.3 is 34.5 Å². The number of rotatable bonds is 6. The number of carbonyl (C=O) groups excluding carboxylic acids is 2. The second-order valence-corrected chi connectivity index (χ2v) is 8.81. The number of nitrogens with zero attached hydrogens (tertiary/aromatic N) is 1. The van der Waals surface area contributed by atoms with Gasteiger partial charge in [-0.3, -0.25) is 9.59 Å². The number of anilines is 1. The van der Waals surface area contributed by atoms with E-state index < -0.39 is 17.8 Å². The molecule has 0 fully saturated rings. The summed E-state index contributed by atoms with van der Waals surface area (Å²) >= 11 is 0. The SMILES string of the molecule is COc1cc2c(cc1C(=O)O)c(C)c(-c1cccc(NC(=O)C(=O)NCc3ccc4c(c3)OCO4)c1)n2C. The molecule has 1 aliphatic rings. The van der Waals surface area contributed by atoms with Crippen LogP contribution in [0.1, 0.15) is 21.5 Å². The molecular formula is C28H25N3O7. The maximum absolute atomic E-state index is 12.6. The Bertz CT molecular complexity index is 1610. The Morgan fingerprint density at radius 1 is 1.03 bits per heavy atom. The molecule has 0 spiro atoms. The number of fused-ring (bicyclic) bond motifs is 2. The highest BCUT2D eigenvalue weighted by Gasteiger charge is 2.20. The third-order valence-corrected chi connectivity index (χ3v) is 6.49. The van der Waals surface area contributed by atoms with Gasteiger partial charge in [-0.2, -0.15) is 0 Å². The molecule has 2 amide bonds. The average molecular weight is 516 g/mol. The summed E-state index contributed by atoms with van der Waals surface area (Å²) in [4.78, 5) is 36.7. The van der Waals surface area contributed by atoms with Crippen molar-refractivity contribution in [2.45, 2.75) is 13.5 Å². The largest absolute Gasteiger partial charge is 0.496 e. The number of hydrogen-bond acceptors (Lipinski definition) is 6. The third kappa shape index (κ3) is 4.47. The van der Waals surface area contributed by atoms with Crippen molar-refractivity contribution in [2.75, 3.05) is 19.2 Å². The van der Waals surface area contributed by atoms with Crippen LogP contribution in [-0.2, 0) is 23.2 Å². The molecule has 194 valence electrons. The number of aryl methyl sites for hydroxylation is 2. The predicted octanol–water partition coefficient (Wildman–Crippen LogP) is 3.84. The van der Waals surface area contributed by atoms with Crippen LogP contribution in [0.5, 0.6) is 17.2 Å². The number of carboxylic acids is 1. The van der Waals surface area contributed by atoms with E-state index in [1.54, 1.807) is 48.5 Å². The third-order valence-electron chi connectivity index (χ3n) is 6.49. The first-order valence-corrected chi connectivity index (χ1v) is 11.7. The minimum atomic E-state index is -1.07. The van der Waals surface area contributed by atoms with Gasteiger partial charge in [0.1, 0.15) is 11.3 Å². The number of aromatic nitrogens is 1. The summed E-state index contributed by atoms with van der Waals surface area (Å²) < 4.78 is 17.8. The first-order chi connectivity index (χ1) is 18.3. The van der Waals surface area contributed by atoms with Gasteiger partial charge in [0.2, 0.25) is 6.79 Å². The lowest BCUT2D eigenvalue weighted by atomic mass is 10.0. The molecule has 0 saturated carbocycles. The van der Waals surface area contributed by atoms with Gasteiger partial charge in [-0.05, 0) is 48.4 Å².